The summed E-state index contributed by atoms with van der Waals surface area (Å²) in [4.78, 5) is 17.9. The van der Waals surface area contributed by atoms with Crippen LogP contribution in [-0.4, -0.2) is 26.8 Å². The van der Waals surface area contributed by atoms with Gasteiger partial charge in [0.1, 0.15) is 0 Å². The first-order valence-electron chi connectivity index (χ1n) is 8.82. The average molecular weight is 350 g/mol. The molecule has 0 N–H and O–H groups in total. The fourth-order valence-corrected chi connectivity index (χ4v) is 3.15. The van der Waals surface area contributed by atoms with Crippen molar-refractivity contribution in [1.29, 1.82) is 0 Å². The predicted molar refractivity (Wildman–Crippen MR) is 97.7 cm³/mol. The first-order chi connectivity index (χ1) is 11.6. The van der Waals surface area contributed by atoms with Crippen molar-refractivity contribution in [1.82, 2.24) is 14.8 Å². The van der Waals surface area contributed by atoms with Gasteiger partial charge in [0.15, 0.2) is 5.82 Å². The first-order valence-corrected chi connectivity index (χ1v) is 9.70. The molecule has 0 aliphatic carbocycles. The first kappa shape index (κ1) is 18.6. The summed E-state index contributed by atoms with van der Waals surface area (Å²) in [5.74, 6) is 0.566. The topological polar surface area (TPSA) is 57.0 Å². The fourth-order valence-electron chi connectivity index (χ4n) is 2.46. The minimum Gasteiger partial charge on any atom is -0.460 e. The molecule has 0 saturated carbocycles. The maximum absolute atomic E-state index is 12.6. The molecule has 0 unspecified atom stereocenters. The van der Waals surface area contributed by atoms with Crippen LogP contribution in [0.15, 0.2) is 17.5 Å². The number of carbonyl (C=O) groups is 1. The second kappa shape index (κ2) is 9.57. The Balaban J connectivity index is 2.01. The molecule has 24 heavy (non-hydrogen) atoms. The minimum atomic E-state index is -0.0225. The quantitative estimate of drug-likeness (QED) is 0.554. The second-order valence-electron chi connectivity index (χ2n) is 6.19. The molecule has 0 radical (unpaired) electrons. The lowest BCUT2D eigenvalue weighted by Gasteiger charge is -2.04. The van der Waals surface area contributed by atoms with Crippen LogP contribution in [-0.2, 0) is 0 Å². The van der Waals surface area contributed by atoms with Crippen molar-refractivity contribution in [2.45, 2.75) is 71.8 Å². The molecule has 2 rings (SSSR count). The van der Waals surface area contributed by atoms with E-state index in [0.29, 0.717) is 12.2 Å². The highest BCUT2D eigenvalue weighted by atomic mass is 32.1. The smallest absolute Gasteiger partial charge is 0.336 e. The van der Waals surface area contributed by atoms with Crippen molar-refractivity contribution in [3.63, 3.8) is 0 Å². The molecule has 0 bridgehead atoms. The van der Waals surface area contributed by atoms with E-state index in [1.807, 2.05) is 31.4 Å². The summed E-state index contributed by atoms with van der Waals surface area (Å²) in [6.07, 6.45) is 7.41. The van der Waals surface area contributed by atoms with E-state index < -0.39 is 0 Å². The molecule has 0 aliphatic heterocycles. The van der Waals surface area contributed by atoms with Gasteiger partial charge in [0, 0.05) is 6.42 Å². The third-order valence-corrected chi connectivity index (χ3v) is 4.52. The molecule has 2 aromatic rings. The average Bonchev–Trinajstić information content (AvgIpc) is 3.19. The number of hydrogen-bond acceptors (Lipinski definition) is 5. The Hall–Kier alpha value is -1.69. The maximum atomic E-state index is 12.6. The number of nitrogens with zero attached hydrogens (tertiary/aromatic N) is 3. The van der Waals surface area contributed by atoms with Gasteiger partial charge in [-0.2, -0.15) is 9.67 Å². The Kier molecular flexibility index (Phi) is 7.43. The molecule has 0 saturated heterocycles. The molecule has 132 valence electrons. The van der Waals surface area contributed by atoms with Crippen LogP contribution >= 0.6 is 11.3 Å². The van der Waals surface area contributed by atoms with Gasteiger partial charge in [0.2, 0.25) is 5.91 Å². The van der Waals surface area contributed by atoms with Gasteiger partial charge in [-0.25, -0.2) is 0 Å². The summed E-state index contributed by atoms with van der Waals surface area (Å²) >= 11 is 1.55. The zero-order valence-electron chi connectivity index (χ0n) is 14.8. The number of thiophene rings is 1. The van der Waals surface area contributed by atoms with Crippen LogP contribution in [0.1, 0.15) is 70.5 Å². The van der Waals surface area contributed by atoms with E-state index in [1.54, 1.807) is 11.3 Å². The van der Waals surface area contributed by atoms with E-state index in [0.717, 1.165) is 17.7 Å². The van der Waals surface area contributed by atoms with Crippen LogP contribution in [0.5, 0.6) is 6.01 Å². The molecule has 2 aromatic heterocycles. The Morgan fingerprint density at radius 2 is 2.00 bits per heavy atom. The van der Waals surface area contributed by atoms with Gasteiger partial charge in [-0.1, -0.05) is 45.1 Å². The van der Waals surface area contributed by atoms with Crippen LogP contribution in [0.4, 0.5) is 0 Å². The normalized spacial score (nSPS) is 11.2. The van der Waals surface area contributed by atoms with Crippen molar-refractivity contribution in [2.24, 2.45) is 0 Å². The third kappa shape index (κ3) is 5.44. The molecule has 2 heterocycles. The Bertz CT molecular complexity index is 620. The lowest BCUT2D eigenvalue weighted by Crippen LogP contribution is -2.14. The number of ether oxygens (including phenoxy) is 1. The summed E-state index contributed by atoms with van der Waals surface area (Å²) in [7, 11) is 0. The third-order valence-electron chi connectivity index (χ3n) is 3.65. The van der Waals surface area contributed by atoms with Crippen molar-refractivity contribution < 1.29 is 9.53 Å². The van der Waals surface area contributed by atoms with Crippen LogP contribution in [0.3, 0.4) is 0 Å². The zero-order chi connectivity index (χ0) is 17.4. The van der Waals surface area contributed by atoms with Crippen molar-refractivity contribution in [3.8, 4) is 16.7 Å². The van der Waals surface area contributed by atoms with E-state index in [-0.39, 0.29) is 18.0 Å². The molecule has 0 aliphatic rings. The van der Waals surface area contributed by atoms with Crippen LogP contribution in [0.2, 0.25) is 0 Å². The molecule has 0 aromatic carbocycles. The Morgan fingerprint density at radius 3 is 2.67 bits per heavy atom. The summed E-state index contributed by atoms with van der Waals surface area (Å²) in [5.41, 5.74) is 0. The van der Waals surface area contributed by atoms with Crippen molar-refractivity contribution >= 4 is 17.2 Å². The van der Waals surface area contributed by atoms with Gasteiger partial charge in [0.25, 0.3) is 0 Å². The molecule has 6 heteroatoms. The molecule has 0 fully saturated rings. The minimum absolute atomic E-state index is 0.0139. The molecular weight excluding hydrogens is 322 g/mol. The van der Waals surface area contributed by atoms with E-state index in [9.17, 15) is 4.79 Å². The van der Waals surface area contributed by atoms with E-state index in [1.165, 1.54) is 30.4 Å². The van der Waals surface area contributed by atoms with Crippen molar-refractivity contribution in [3.05, 3.63) is 17.5 Å². The second-order valence-corrected chi connectivity index (χ2v) is 7.13. The molecule has 0 spiro atoms. The number of unbranched alkanes of at least 4 members (excludes halogenated alkanes) is 5. The van der Waals surface area contributed by atoms with Crippen LogP contribution in [0.25, 0.3) is 10.7 Å². The number of aromatic nitrogens is 3. The van der Waals surface area contributed by atoms with E-state index in [4.69, 9.17) is 4.74 Å². The summed E-state index contributed by atoms with van der Waals surface area (Å²) in [6.45, 7) is 6.05. The lowest BCUT2D eigenvalue weighted by atomic mass is 10.1. The Morgan fingerprint density at radius 1 is 1.25 bits per heavy atom. The van der Waals surface area contributed by atoms with Gasteiger partial charge in [-0.05, 0) is 31.7 Å². The Labute approximate surface area is 148 Å². The highest BCUT2D eigenvalue weighted by molar-refractivity contribution is 7.13. The molecular formula is C18H27N3O2S. The lowest BCUT2D eigenvalue weighted by molar-refractivity contribution is 0.0881. The van der Waals surface area contributed by atoms with E-state index in [2.05, 4.69) is 17.0 Å². The van der Waals surface area contributed by atoms with E-state index >= 15 is 0 Å². The highest BCUT2D eigenvalue weighted by Gasteiger charge is 2.19. The molecule has 5 nitrogen and oxygen atoms in total. The predicted octanol–water partition coefficient (Wildman–Crippen LogP) is 5.18. The monoisotopic (exact) mass is 349 g/mol. The number of hydrogen-bond donors (Lipinski definition) is 0. The van der Waals surface area contributed by atoms with Gasteiger partial charge < -0.3 is 4.74 Å². The fraction of sp³-hybridized carbons (Fsp3) is 0.611. The zero-order valence-corrected chi connectivity index (χ0v) is 15.6. The largest absolute Gasteiger partial charge is 0.460 e. The number of carbonyl (C=O) groups excluding carboxylic acids is 1. The van der Waals surface area contributed by atoms with Gasteiger partial charge in [-0.15, -0.1) is 16.4 Å². The standard InChI is InChI=1S/C18H27N3O2S/c1-4-5-6-7-8-9-12-16(22)21-17(15-11-10-13-24-15)19-18(20-21)23-14(2)3/h10-11,13-14H,4-9,12H2,1-3H3. The van der Waals surface area contributed by atoms with Gasteiger partial charge in [0.05, 0.1) is 11.0 Å². The molecule has 0 atom stereocenters. The number of rotatable bonds is 10. The molecule has 0 amide bonds. The van der Waals surface area contributed by atoms with Crippen LogP contribution in [0, 0.1) is 0 Å². The van der Waals surface area contributed by atoms with Gasteiger partial charge in [-0.3, -0.25) is 4.79 Å². The summed E-state index contributed by atoms with van der Waals surface area (Å²) < 4.78 is 6.98. The SMILES string of the molecule is CCCCCCCCC(=O)n1nc(OC(C)C)nc1-c1cccs1. The maximum Gasteiger partial charge on any atom is 0.336 e. The van der Waals surface area contributed by atoms with Crippen molar-refractivity contribution in [2.75, 3.05) is 0 Å². The summed E-state index contributed by atoms with van der Waals surface area (Å²) in [6, 6.07) is 4.16. The van der Waals surface area contributed by atoms with Gasteiger partial charge >= 0.3 is 6.01 Å². The van der Waals surface area contributed by atoms with Crippen LogP contribution < -0.4 is 4.74 Å². The highest BCUT2D eigenvalue weighted by Crippen LogP contribution is 2.25. The summed E-state index contributed by atoms with van der Waals surface area (Å²) in [5, 5.41) is 6.24.